The van der Waals surface area contributed by atoms with Gasteiger partial charge in [0.1, 0.15) is 0 Å². The number of amides is 2. The van der Waals surface area contributed by atoms with Gasteiger partial charge in [-0.3, -0.25) is 14.5 Å². The second-order valence-corrected chi connectivity index (χ2v) is 8.51. The average Bonchev–Trinajstić information content (AvgIpc) is 3.06. The van der Waals surface area contributed by atoms with Gasteiger partial charge < -0.3 is 0 Å². The summed E-state index contributed by atoms with van der Waals surface area (Å²) >= 11 is 0. The Morgan fingerprint density at radius 3 is 1.50 bits per heavy atom. The van der Waals surface area contributed by atoms with Gasteiger partial charge in [-0.1, -0.05) is 78.4 Å². The maximum atomic E-state index is 13.7. The molecule has 30 heavy (non-hydrogen) atoms. The Kier molecular flexibility index (Phi) is 4.74. The summed E-state index contributed by atoms with van der Waals surface area (Å²) in [7, 11) is 0. The first-order valence-corrected chi connectivity index (χ1v) is 10.7. The van der Waals surface area contributed by atoms with Crippen molar-refractivity contribution in [2.24, 2.45) is 11.8 Å². The Labute approximate surface area is 177 Å². The summed E-state index contributed by atoms with van der Waals surface area (Å²) in [6.45, 7) is 2.01. The first-order chi connectivity index (χ1) is 14.6. The molecule has 0 radical (unpaired) electrons. The Hall–Kier alpha value is -3.20. The molecule has 0 N–H and O–H groups in total. The van der Waals surface area contributed by atoms with E-state index in [2.05, 4.69) is 24.3 Å². The van der Waals surface area contributed by atoms with E-state index in [0.717, 1.165) is 29.5 Å². The highest BCUT2D eigenvalue weighted by molar-refractivity contribution is 6.22. The number of hydrogen-bond donors (Lipinski definition) is 0. The lowest BCUT2D eigenvalue weighted by Crippen LogP contribution is -2.34. The van der Waals surface area contributed by atoms with E-state index in [1.807, 2.05) is 67.6 Å². The summed E-state index contributed by atoms with van der Waals surface area (Å²) in [5, 5.41) is 0. The molecule has 2 fully saturated rings. The molecule has 5 rings (SSSR count). The molecule has 1 heterocycles. The normalized spacial score (nSPS) is 26.0. The summed E-state index contributed by atoms with van der Waals surface area (Å²) in [6, 6.07) is 28.1. The lowest BCUT2D eigenvalue weighted by atomic mass is 9.64. The second kappa shape index (κ2) is 7.56. The zero-order chi connectivity index (χ0) is 20.7. The van der Waals surface area contributed by atoms with E-state index in [1.165, 1.54) is 4.90 Å². The van der Waals surface area contributed by atoms with Crippen LogP contribution in [0.2, 0.25) is 0 Å². The molecule has 3 nitrogen and oxygen atoms in total. The number of carbonyl (C=O) groups excluding carboxylic acids is 2. The van der Waals surface area contributed by atoms with E-state index in [0.29, 0.717) is 5.69 Å². The molecule has 1 aliphatic carbocycles. The zero-order valence-electron chi connectivity index (χ0n) is 17.1. The maximum absolute atomic E-state index is 13.7. The van der Waals surface area contributed by atoms with Crippen LogP contribution in [0.25, 0.3) is 0 Å². The molecule has 0 aromatic heterocycles. The number of anilines is 1. The molecule has 2 aliphatic rings. The monoisotopic (exact) mass is 395 g/mol. The van der Waals surface area contributed by atoms with Gasteiger partial charge in [0.15, 0.2) is 0 Å². The number of benzene rings is 3. The van der Waals surface area contributed by atoms with Crippen molar-refractivity contribution in [3.63, 3.8) is 0 Å². The van der Waals surface area contributed by atoms with Gasteiger partial charge in [-0.15, -0.1) is 0 Å². The summed E-state index contributed by atoms with van der Waals surface area (Å²) in [5.41, 5.74) is 4.11. The van der Waals surface area contributed by atoms with E-state index < -0.39 is 0 Å². The standard InChI is InChI=1S/C27H25NO2/c1-18-12-14-21(15-13-18)28-26(29)24-22(19-8-4-2-5-9-19)16-17-23(25(24)27(28)30)20-10-6-3-7-11-20/h2-15,22-25H,16-17H2,1H3/t22-,23-,24-,25+/m1/s1. The van der Waals surface area contributed by atoms with E-state index in [1.54, 1.807) is 0 Å². The first kappa shape index (κ1) is 18.8. The van der Waals surface area contributed by atoms with Gasteiger partial charge in [-0.05, 0) is 54.9 Å². The van der Waals surface area contributed by atoms with Crippen LogP contribution in [0.3, 0.4) is 0 Å². The summed E-state index contributed by atoms with van der Waals surface area (Å²) in [5.74, 6) is -0.599. The Balaban J connectivity index is 1.60. The topological polar surface area (TPSA) is 37.4 Å². The minimum absolute atomic E-state index is 0.0525. The van der Waals surface area contributed by atoms with Gasteiger partial charge >= 0.3 is 0 Å². The molecule has 1 saturated carbocycles. The van der Waals surface area contributed by atoms with E-state index >= 15 is 0 Å². The number of aryl methyl sites for hydroxylation is 1. The molecule has 0 spiro atoms. The summed E-state index contributed by atoms with van der Waals surface area (Å²) < 4.78 is 0. The predicted octanol–water partition coefficient (Wildman–Crippen LogP) is 5.46. The van der Waals surface area contributed by atoms with Crippen LogP contribution in [-0.2, 0) is 9.59 Å². The molecule has 3 heteroatoms. The molecule has 0 unspecified atom stereocenters. The molecular weight excluding hydrogens is 370 g/mol. The van der Waals surface area contributed by atoms with Gasteiger partial charge in [0.2, 0.25) is 11.8 Å². The molecule has 3 aromatic carbocycles. The SMILES string of the molecule is Cc1ccc(N2C(=O)[C@@H]3[C@H](C2=O)[C@@H](c2ccccc2)CC[C@@H]3c2ccccc2)cc1. The highest BCUT2D eigenvalue weighted by Crippen LogP contribution is 2.53. The van der Waals surface area contributed by atoms with Crippen molar-refractivity contribution in [3.8, 4) is 0 Å². The van der Waals surface area contributed by atoms with Crippen molar-refractivity contribution >= 4 is 17.5 Å². The Morgan fingerprint density at radius 2 is 1.07 bits per heavy atom. The van der Waals surface area contributed by atoms with Crippen molar-refractivity contribution in [1.82, 2.24) is 0 Å². The number of nitrogens with zero attached hydrogens (tertiary/aromatic N) is 1. The fourth-order valence-corrected chi connectivity index (χ4v) is 5.37. The Bertz CT molecular complexity index is 994. The van der Waals surface area contributed by atoms with E-state index in [4.69, 9.17) is 0 Å². The average molecular weight is 396 g/mol. The molecule has 2 amide bonds. The summed E-state index contributed by atoms with van der Waals surface area (Å²) in [4.78, 5) is 28.9. The molecule has 1 aliphatic heterocycles. The Morgan fingerprint density at radius 1 is 0.633 bits per heavy atom. The van der Waals surface area contributed by atoms with Crippen LogP contribution >= 0.6 is 0 Å². The van der Waals surface area contributed by atoms with Gasteiger partial charge in [0.05, 0.1) is 17.5 Å². The molecule has 150 valence electrons. The molecule has 3 aromatic rings. The van der Waals surface area contributed by atoms with Gasteiger partial charge in [0, 0.05) is 0 Å². The van der Waals surface area contributed by atoms with Crippen molar-refractivity contribution in [1.29, 1.82) is 0 Å². The first-order valence-electron chi connectivity index (χ1n) is 10.7. The number of imide groups is 1. The zero-order valence-corrected chi connectivity index (χ0v) is 17.1. The van der Waals surface area contributed by atoms with E-state index in [-0.39, 0.29) is 35.5 Å². The number of carbonyl (C=O) groups is 2. The van der Waals surface area contributed by atoms with Crippen molar-refractivity contribution in [2.75, 3.05) is 4.90 Å². The van der Waals surface area contributed by atoms with Crippen LogP contribution in [0, 0.1) is 18.8 Å². The van der Waals surface area contributed by atoms with Crippen molar-refractivity contribution in [3.05, 3.63) is 102 Å². The minimum Gasteiger partial charge on any atom is -0.274 e. The fourth-order valence-electron chi connectivity index (χ4n) is 5.37. The van der Waals surface area contributed by atoms with Gasteiger partial charge in [-0.25, -0.2) is 0 Å². The van der Waals surface area contributed by atoms with Crippen LogP contribution in [0.15, 0.2) is 84.9 Å². The fraction of sp³-hybridized carbons (Fsp3) is 0.259. The van der Waals surface area contributed by atoms with Gasteiger partial charge in [0.25, 0.3) is 0 Å². The summed E-state index contributed by atoms with van der Waals surface area (Å²) in [6.07, 6.45) is 1.82. The lowest BCUT2D eigenvalue weighted by molar-refractivity contribution is -0.122. The third kappa shape index (κ3) is 3.06. The van der Waals surface area contributed by atoms with Crippen LogP contribution < -0.4 is 4.90 Å². The van der Waals surface area contributed by atoms with E-state index in [9.17, 15) is 9.59 Å². The highest BCUT2D eigenvalue weighted by atomic mass is 16.2. The quantitative estimate of drug-likeness (QED) is 0.552. The van der Waals surface area contributed by atoms with Crippen molar-refractivity contribution in [2.45, 2.75) is 31.6 Å². The third-order valence-corrected chi connectivity index (χ3v) is 6.80. The molecule has 1 saturated heterocycles. The van der Waals surface area contributed by atoms with Crippen LogP contribution in [0.5, 0.6) is 0 Å². The second-order valence-electron chi connectivity index (χ2n) is 8.51. The van der Waals surface area contributed by atoms with Crippen molar-refractivity contribution < 1.29 is 9.59 Å². The highest BCUT2D eigenvalue weighted by Gasteiger charge is 2.56. The third-order valence-electron chi connectivity index (χ3n) is 6.80. The lowest BCUT2D eigenvalue weighted by Gasteiger charge is -2.37. The van der Waals surface area contributed by atoms with Crippen LogP contribution in [0.4, 0.5) is 5.69 Å². The maximum Gasteiger partial charge on any atom is 0.238 e. The van der Waals surface area contributed by atoms with Gasteiger partial charge in [-0.2, -0.15) is 0 Å². The number of rotatable bonds is 3. The number of hydrogen-bond acceptors (Lipinski definition) is 2. The molecular formula is C27H25NO2. The van der Waals surface area contributed by atoms with Crippen LogP contribution in [0.1, 0.15) is 41.4 Å². The molecule has 0 bridgehead atoms. The smallest absolute Gasteiger partial charge is 0.238 e. The predicted molar refractivity (Wildman–Crippen MR) is 118 cm³/mol. The minimum atomic E-state index is -0.319. The van der Waals surface area contributed by atoms with Crippen LogP contribution in [-0.4, -0.2) is 11.8 Å². The largest absolute Gasteiger partial charge is 0.274 e. The number of fused-ring (bicyclic) bond motifs is 1. The molecule has 4 atom stereocenters.